The Morgan fingerprint density at radius 1 is 1.15 bits per heavy atom. The van der Waals surface area contributed by atoms with Crippen molar-refractivity contribution in [2.24, 2.45) is 11.8 Å². The lowest BCUT2D eigenvalue weighted by atomic mass is 9.69. The second-order valence-corrected chi connectivity index (χ2v) is 11.2. The Kier molecular flexibility index (Phi) is 14.3. The van der Waals surface area contributed by atoms with Crippen molar-refractivity contribution < 1.29 is 13.9 Å². The Balaban J connectivity index is 0.000000391. The summed E-state index contributed by atoms with van der Waals surface area (Å²) in [4.78, 5) is 0. The SMILES string of the molecule is CC.CC/C(C)=C(\C=C/CF)C1=C(c2ccccc2)C2=CCC(O)C=C2C(C)(F)C1.CC[C@@H](C)C1CCNCC1. The van der Waals surface area contributed by atoms with Crippen molar-refractivity contribution in [2.45, 2.75) is 98.8 Å². The maximum atomic E-state index is 15.8. The van der Waals surface area contributed by atoms with Crippen LogP contribution in [0, 0.1) is 11.8 Å². The molecule has 1 fully saturated rings. The summed E-state index contributed by atoms with van der Waals surface area (Å²) < 4.78 is 28.7. The van der Waals surface area contributed by atoms with Crippen molar-refractivity contribution in [3.05, 3.63) is 88.1 Å². The summed E-state index contributed by atoms with van der Waals surface area (Å²) in [7, 11) is 0. The zero-order valence-corrected chi connectivity index (χ0v) is 26.0. The fourth-order valence-electron chi connectivity index (χ4n) is 5.83. The van der Waals surface area contributed by atoms with Crippen LogP contribution in [0.5, 0.6) is 0 Å². The van der Waals surface area contributed by atoms with Crippen molar-refractivity contribution in [1.29, 1.82) is 0 Å². The minimum absolute atomic E-state index is 0.191. The predicted molar refractivity (Wildman–Crippen MR) is 169 cm³/mol. The van der Waals surface area contributed by atoms with Crippen LogP contribution in [0.15, 0.2) is 82.5 Å². The van der Waals surface area contributed by atoms with E-state index < -0.39 is 18.4 Å². The summed E-state index contributed by atoms with van der Waals surface area (Å²) in [6, 6.07) is 9.95. The van der Waals surface area contributed by atoms with Crippen LogP contribution >= 0.6 is 0 Å². The lowest BCUT2D eigenvalue weighted by Gasteiger charge is -2.38. The van der Waals surface area contributed by atoms with Crippen LogP contribution in [0.2, 0.25) is 0 Å². The number of benzene rings is 1. The Labute approximate surface area is 243 Å². The molecule has 1 aromatic carbocycles. The smallest absolute Gasteiger partial charge is 0.137 e. The zero-order valence-electron chi connectivity index (χ0n) is 26.0. The third kappa shape index (κ3) is 8.85. The first-order chi connectivity index (χ1) is 19.2. The number of hydrogen-bond acceptors (Lipinski definition) is 2. The van der Waals surface area contributed by atoms with E-state index in [0.29, 0.717) is 12.0 Å². The molecule has 0 aromatic heterocycles. The van der Waals surface area contributed by atoms with E-state index in [9.17, 15) is 9.50 Å². The number of nitrogens with one attached hydrogen (secondary N) is 1. The van der Waals surface area contributed by atoms with Crippen molar-refractivity contribution >= 4 is 5.57 Å². The zero-order chi connectivity index (χ0) is 29.7. The maximum absolute atomic E-state index is 15.8. The van der Waals surface area contributed by atoms with E-state index in [1.807, 2.05) is 57.2 Å². The summed E-state index contributed by atoms with van der Waals surface area (Å²) in [5.74, 6) is 1.95. The molecule has 1 aliphatic heterocycles. The number of aliphatic hydroxyl groups excluding tert-OH is 1. The molecule has 3 atom stereocenters. The van der Waals surface area contributed by atoms with E-state index >= 15 is 4.39 Å². The average Bonchev–Trinajstić information content (AvgIpc) is 2.99. The van der Waals surface area contributed by atoms with Crippen LogP contribution in [-0.2, 0) is 0 Å². The molecular weight excluding hydrogens is 500 g/mol. The van der Waals surface area contributed by atoms with Crippen LogP contribution in [0.3, 0.4) is 0 Å². The molecule has 3 aliphatic rings. The number of hydrogen-bond donors (Lipinski definition) is 2. The van der Waals surface area contributed by atoms with Gasteiger partial charge in [0.1, 0.15) is 12.3 Å². The average molecular weight is 554 g/mol. The number of aliphatic hydroxyl groups is 1. The minimum atomic E-state index is -1.59. The molecule has 2 nitrogen and oxygen atoms in total. The molecule has 4 rings (SSSR count). The summed E-state index contributed by atoms with van der Waals surface area (Å²) in [6.07, 6.45) is 11.8. The van der Waals surface area contributed by atoms with Gasteiger partial charge in [0.15, 0.2) is 0 Å². The van der Waals surface area contributed by atoms with Crippen LogP contribution in [-0.4, -0.2) is 36.6 Å². The summed E-state index contributed by atoms with van der Waals surface area (Å²) in [6.45, 7) is 16.3. The number of halogens is 2. The number of rotatable bonds is 7. The van der Waals surface area contributed by atoms with E-state index in [-0.39, 0.29) is 6.42 Å². The normalized spacial score (nSPS) is 24.5. The van der Waals surface area contributed by atoms with Crippen molar-refractivity contribution in [2.75, 3.05) is 19.8 Å². The molecular formula is C36H53F2NO. The minimum Gasteiger partial charge on any atom is -0.389 e. The molecule has 1 heterocycles. The standard InChI is InChI=1S/C25H28F2O.C9H19N.C2H6/c1-4-17(2)20(11-8-14-26)22-16-25(3,27)23-15-19(28)12-13-21(23)24(22)18-9-6-5-7-10-18;1-3-8(2)9-4-6-10-7-5-9;1-2/h5-11,13,15,19,28H,4,12,14,16H2,1-3H3;8-10H,3-7H2,1-2H3;1-2H3/b11-8-,20-17+;;/t;8-;/m.1./s1. The molecule has 1 aromatic rings. The van der Waals surface area contributed by atoms with Gasteiger partial charge in [-0.2, -0.15) is 0 Å². The van der Waals surface area contributed by atoms with Gasteiger partial charge in [-0.3, -0.25) is 0 Å². The van der Waals surface area contributed by atoms with Gasteiger partial charge in [-0.1, -0.05) is 95.2 Å². The fraction of sp³-hybridized carbons (Fsp3) is 0.556. The molecule has 0 spiro atoms. The molecule has 222 valence electrons. The molecule has 0 radical (unpaired) electrons. The quantitative estimate of drug-likeness (QED) is 0.330. The van der Waals surface area contributed by atoms with E-state index in [1.165, 1.54) is 38.4 Å². The van der Waals surface area contributed by atoms with E-state index in [1.54, 1.807) is 19.1 Å². The lowest BCUT2D eigenvalue weighted by Crippen LogP contribution is -2.31. The maximum Gasteiger partial charge on any atom is 0.137 e. The molecule has 4 heteroatoms. The molecule has 0 saturated carbocycles. The van der Waals surface area contributed by atoms with Gasteiger partial charge in [0.2, 0.25) is 0 Å². The number of fused-ring (bicyclic) bond motifs is 1. The summed E-state index contributed by atoms with van der Waals surface area (Å²) in [5.41, 5.74) is 4.72. The van der Waals surface area contributed by atoms with Gasteiger partial charge in [-0.05, 0) is 104 Å². The summed E-state index contributed by atoms with van der Waals surface area (Å²) >= 11 is 0. The highest BCUT2D eigenvalue weighted by molar-refractivity contribution is 5.91. The monoisotopic (exact) mass is 553 g/mol. The Hall–Kier alpha value is -2.30. The van der Waals surface area contributed by atoms with E-state index in [2.05, 4.69) is 26.1 Å². The molecule has 2 aliphatic carbocycles. The second kappa shape index (κ2) is 16.8. The third-order valence-electron chi connectivity index (χ3n) is 8.44. The second-order valence-electron chi connectivity index (χ2n) is 11.2. The van der Waals surface area contributed by atoms with E-state index in [0.717, 1.165) is 51.7 Å². The summed E-state index contributed by atoms with van der Waals surface area (Å²) in [5, 5.41) is 13.5. The van der Waals surface area contributed by atoms with Crippen LogP contribution in [0.4, 0.5) is 8.78 Å². The largest absolute Gasteiger partial charge is 0.389 e. The molecule has 1 saturated heterocycles. The molecule has 2 N–H and O–H groups in total. The Morgan fingerprint density at radius 2 is 1.80 bits per heavy atom. The molecule has 0 bridgehead atoms. The number of alkyl halides is 2. The predicted octanol–water partition coefficient (Wildman–Crippen LogP) is 9.50. The van der Waals surface area contributed by atoms with Crippen molar-refractivity contribution in [3.8, 4) is 0 Å². The first-order valence-corrected chi connectivity index (χ1v) is 15.4. The van der Waals surface area contributed by atoms with Gasteiger partial charge in [-0.25, -0.2) is 8.78 Å². The van der Waals surface area contributed by atoms with Crippen LogP contribution in [0.25, 0.3) is 5.57 Å². The van der Waals surface area contributed by atoms with Crippen LogP contribution in [0.1, 0.15) is 92.6 Å². The topological polar surface area (TPSA) is 32.3 Å². The van der Waals surface area contributed by atoms with Gasteiger partial charge in [0, 0.05) is 6.42 Å². The van der Waals surface area contributed by atoms with Crippen molar-refractivity contribution in [1.82, 2.24) is 5.32 Å². The van der Waals surface area contributed by atoms with Gasteiger partial charge in [0.25, 0.3) is 0 Å². The Morgan fingerprint density at radius 3 is 2.38 bits per heavy atom. The van der Waals surface area contributed by atoms with E-state index in [4.69, 9.17) is 0 Å². The van der Waals surface area contributed by atoms with Crippen LogP contribution < -0.4 is 5.32 Å². The highest BCUT2D eigenvalue weighted by Gasteiger charge is 2.41. The van der Waals surface area contributed by atoms with Crippen molar-refractivity contribution in [3.63, 3.8) is 0 Å². The number of allylic oxidation sites excluding steroid dienone is 8. The fourth-order valence-corrected chi connectivity index (χ4v) is 5.83. The van der Waals surface area contributed by atoms with Gasteiger partial charge >= 0.3 is 0 Å². The first kappa shape index (κ1) is 33.9. The highest BCUT2D eigenvalue weighted by Crippen LogP contribution is 2.51. The molecule has 40 heavy (non-hydrogen) atoms. The lowest BCUT2D eigenvalue weighted by molar-refractivity contribution is 0.205. The third-order valence-corrected chi connectivity index (χ3v) is 8.44. The Bertz CT molecular complexity index is 1070. The van der Waals surface area contributed by atoms with Gasteiger partial charge in [-0.15, -0.1) is 0 Å². The van der Waals surface area contributed by atoms with Gasteiger partial charge in [0.05, 0.1) is 6.10 Å². The number of piperidine rings is 1. The van der Waals surface area contributed by atoms with Gasteiger partial charge < -0.3 is 10.4 Å². The molecule has 0 amide bonds. The highest BCUT2D eigenvalue weighted by atomic mass is 19.1. The first-order valence-electron chi connectivity index (χ1n) is 15.4. The molecule has 2 unspecified atom stereocenters.